The van der Waals surface area contributed by atoms with Gasteiger partial charge in [0.25, 0.3) is 0 Å². The molecule has 1 heterocycles. The summed E-state index contributed by atoms with van der Waals surface area (Å²) in [5.41, 5.74) is 8.44. The van der Waals surface area contributed by atoms with Crippen molar-refractivity contribution in [3.05, 3.63) is 29.8 Å². The third-order valence-corrected chi connectivity index (χ3v) is 1.79. The number of nitrogen functional groups attached to an aromatic ring is 1. The van der Waals surface area contributed by atoms with Gasteiger partial charge in [0, 0.05) is 18.3 Å². The van der Waals surface area contributed by atoms with Crippen LogP contribution in [0.4, 0.5) is 5.69 Å². The first kappa shape index (κ1) is 7.03. The molecule has 1 aromatic rings. The number of benzene rings is 1. The molecule has 2 rings (SSSR count). The van der Waals surface area contributed by atoms with Crippen LogP contribution in [-0.4, -0.2) is 11.9 Å². The van der Waals surface area contributed by atoms with Gasteiger partial charge in [-0.15, -0.1) is 0 Å². The molecule has 0 amide bonds. The molecule has 2 N–H and O–H groups in total. The van der Waals surface area contributed by atoms with Crippen LogP contribution in [0.3, 0.4) is 0 Å². The van der Waals surface area contributed by atoms with Gasteiger partial charge in [0.1, 0.15) is 0 Å². The molecule has 60 valence electrons. The molecule has 0 saturated heterocycles. The molecular formula is C9H9N3. The van der Waals surface area contributed by atoms with Crippen LogP contribution in [0.5, 0.6) is 0 Å². The summed E-state index contributed by atoms with van der Waals surface area (Å²) >= 11 is 0. The van der Waals surface area contributed by atoms with E-state index in [9.17, 15) is 0 Å². The average Bonchev–Trinajstić information content (AvgIpc) is 2.58. The molecule has 0 unspecified atom stereocenters. The molecule has 0 bridgehead atoms. The predicted molar refractivity (Wildman–Crippen MR) is 50.5 cm³/mol. The molecule has 1 aliphatic heterocycles. The Morgan fingerprint density at radius 2 is 1.92 bits per heavy atom. The van der Waals surface area contributed by atoms with E-state index in [4.69, 9.17) is 5.73 Å². The van der Waals surface area contributed by atoms with Crippen molar-refractivity contribution in [3.8, 4) is 0 Å². The molecule has 3 nitrogen and oxygen atoms in total. The van der Waals surface area contributed by atoms with Crippen molar-refractivity contribution in [2.45, 2.75) is 6.42 Å². The maximum Gasteiger partial charge on any atom is 0.0756 e. The summed E-state index contributed by atoms with van der Waals surface area (Å²) in [6.45, 7) is 0. The predicted octanol–water partition coefficient (Wildman–Crippen LogP) is 1.45. The number of nitrogens with two attached hydrogens (primary N) is 1. The first-order chi connectivity index (χ1) is 5.86. The zero-order chi connectivity index (χ0) is 8.39. The summed E-state index contributed by atoms with van der Waals surface area (Å²) in [6.07, 6.45) is 2.62. The van der Waals surface area contributed by atoms with Crippen molar-refractivity contribution in [3.63, 3.8) is 0 Å². The SMILES string of the molecule is Nc1ccc(C2=NN=CC2)cc1. The maximum absolute atomic E-state index is 5.55. The lowest BCUT2D eigenvalue weighted by atomic mass is 10.1. The minimum absolute atomic E-state index is 0.776. The number of nitrogens with zero attached hydrogens (tertiary/aromatic N) is 2. The van der Waals surface area contributed by atoms with Gasteiger partial charge in [0.15, 0.2) is 0 Å². The zero-order valence-corrected chi connectivity index (χ0v) is 6.57. The third-order valence-electron chi connectivity index (χ3n) is 1.79. The first-order valence-corrected chi connectivity index (χ1v) is 3.80. The fourth-order valence-electron chi connectivity index (χ4n) is 1.13. The Labute approximate surface area is 70.6 Å². The van der Waals surface area contributed by atoms with Gasteiger partial charge < -0.3 is 5.73 Å². The Bertz CT molecular complexity index is 335. The summed E-state index contributed by atoms with van der Waals surface area (Å²) in [7, 11) is 0. The van der Waals surface area contributed by atoms with Crippen molar-refractivity contribution in [1.82, 2.24) is 0 Å². The molecule has 1 aliphatic rings. The van der Waals surface area contributed by atoms with Crippen molar-refractivity contribution in [2.75, 3.05) is 5.73 Å². The highest BCUT2D eigenvalue weighted by Crippen LogP contribution is 2.10. The van der Waals surface area contributed by atoms with Gasteiger partial charge in [-0.3, -0.25) is 0 Å². The smallest absolute Gasteiger partial charge is 0.0756 e. The van der Waals surface area contributed by atoms with E-state index in [2.05, 4.69) is 10.2 Å². The molecule has 0 spiro atoms. The number of hydrogen-bond acceptors (Lipinski definition) is 3. The maximum atomic E-state index is 5.55. The van der Waals surface area contributed by atoms with Crippen LogP contribution in [0, 0.1) is 0 Å². The van der Waals surface area contributed by atoms with E-state index < -0.39 is 0 Å². The summed E-state index contributed by atoms with van der Waals surface area (Å²) in [6, 6.07) is 7.66. The van der Waals surface area contributed by atoms with Crippen LogP contribution >= 0.6 is 0 Å². The van der Waals surface area contributed by atoms with Crippen LogP contribution in [0.15, 0.2) is 34.5 Å². The summed E-state index contributed by atoms with van der Waals surface area (Å²) in [4.78, 5) is 0. The Morgan fingerprint density at radius 3 is 2.50 bits per heavy atom. The molecule has 0 atom stereocenters. The van der Waals surface area contributed by atoms with Crippen molar-refractivity contribution in [1.29, 1.82) is 0 Å². The van der Waals surface area contributed by atoms with E-state index in [0.717, 1.165) is 23.4 Å². The number of rotatable bonds is 1. The Kier molecular flexibility index (Phi) is 1.63. The molecular weight excluding hydrogens is 150 g/mol. The van der Waals surface area contributed by atoms with Crippen LogP contribution in [-0.2, 0) is 0 Å². The first-order valence-electron chi connectivity index (χ1n) is 3.80. The largest absolute Gasteiger partial charge is 0.399 e. The van der Waals surface area contributed by atoms with Crippen molar-refractivity contribution in [2.24, 2.45) is 10.2 Å². The van der Waals surface area contributed by atoms with Crippen molar-refractivity contribution >= 4 is 17.6 Å². The quantitative estimate of drug-likeness (QED) is 0.619. The van der Waals surface area contributed by atoms with Gasteiger partial charge in [-0.1, -0.05) is 12.1 Å². The Hall–Kier alpha value is -1.64. The number of anilines is 1. The van der Waals surface area contributed by atoms with Gasteiger partial charge in [0.2, 0.25) is 0 Å². The monoisotopic (exact) mass is 159 g/mol. The lowest BCUT2D eigenvalue weighted by Crippen LogP contribution is -1.97. The van der Waals surface area contributed by atoms with Gasteiger partial charge in [-0.2, -0.15) is 10.2 Å². The van der Waals surface area contributed by atoms with E-state index in [0.29, 0.717) is 0 Å². The molecule has 3 heteroatoms. The fraction of sp³-hybridized carbons (Fsp3) is 0.111. The highest BCUT2D eigenvalue weighted by Gasteiger charge is 2.04. The Morgan fingerprint density at radius 1 is 1.17 bits per heavy atom. The second-order valence-corrected chi connectivity index (χ2v) is 2.67. The summed E-state index contributed by atoms with van der Waals surface area (Å²) < 4.78 is 0. The minimum atomic E-state index is 0.776. The Balaban J connectivity index is 2.30. The minimum Gasteiger partial charge on any atom is -0.399 e. The molecule has 0 radical (unpaired) electrons. The second kappa shape index (κ2) is 2.77. The highest BCUT2D eigenvalue weighted by atomic mass is 15.2. The highest BCUT2D eigenvalue weighted by molar-refractivity contribution is 6.09. The van der Waals surface area contributed by atoms with Gasteiger partial charge in [-0.25, -0.2) is 0 Å². The van der Waals surface area contributed by atoms with E-state index >= 15 is 0 Å². The van der Waals surface area contributed by atoms with Crippen LogP contribution in [0.25, 0.3) is 0 Å². The number of hydrogen-bond donors (Lipinski definition) is 1. The standard InChI is InChI=1S/C9H9N3/c10-8-3-1-7(2-4-8)9-5-6-11-12-9/h1-4,6H,5,10H2. The van der Waals surface area contributed by atoms with E-state index in [-0.39, 0.29) is 0 Å². The molecule has 1 aromatic carbocycles. The fourth-order valence-corrected chi connectivity index (χ4v) is 1.13. The van der Waals surface area contributed by atoms with Crippen LogP contribution < -0.4 is 5.73 Å². The zero-order valence-electron chi connectivity index (χ0n) is 6.57. The van der Waals surface area contributed by atoms with Gasteiger partial charge in [-0.05, 0) is 17.7 Å². The molecule has 0 saturated carbocycles. The normalized spacial score (nSPS) is 14.8. The topological polar surface area (TPSA) is 50.7 Å². The van der Waals surface area contributed by atoms with E-state index in [1.807, 2.05) is 24.3 Å². The molecule has 0 aromatic heterocycles. The molecule has 0 aliphatic carbocycles. The van der Waals surface area contributed by atoms with Gasteiger partial charge >= 0.3 is 0 Å². The van der Waals surface area contributed by atoms with E-state index in [1.165, 1.54) is 0 Å². The van der Waals surface area contributed by atoms with Gasteiger partial charge in [0.05, 0.1) is 5.71 Å². The summed E-state index contributed by atoms with van der Waals surface area (Å²) in [5, 5.41) is 7.78. The lowest BCUT2D eigenvalue weighted by molar-refractivity contribution is 1.28. The lowest BCUT2D eigenvalue weighted by Gasteiger charge is -1.98. The van der Waals surface area contributed by atoms with Crippen molar-refractivity contribution < 1.29 is 0 Å². The summed E-state index contributed by atoms with van der Waals surface area (Å²) in [5.74, 6) is 0. The third kappa shape index (κ3) is 1.21. The van der Waals surface area contributed by atoms with E-state index in [1.54, 1.807) is 6.21 Å². The second-order valence-electron chi connectivity index (χ2n) is 2.67. The van der Waals surface area contributed by atoms with Crippen LogP contribution in [0.1, 0.15) is 12.0 Å². The average molecular weight is 159 g/mol. The molecule has 12 heavy (non-hydrogen) atoms. The molecule has 0 fully saturated rings. The van der Waals surface area contributed by atoms with Crippen LogP contribution in [0.2, 0.25) is 0 Å².